The van der Waals surface area contributed by atoms with E-state index in [1.807, 2.05) is 6.07 Å². The number of hydrogen-bond acceptors (Lipinski definition) is 5. The summed E-state index contributed by atoms with van der Waals surface area (Å²) in [5, 5.41) is 2.79. The summed E-state index contributed by atoms with van der Waals surface area (Å²) in [6.07, 6.45) is 0.890. The second kappa shape index (κ2) is 9.60. The molecule has 2 aromatic rings. The van der Waals surface area contributed by atoms with Crippen LogP contribution in [0.15, 0.2) is 36.4 Å². The molecular weight excluding hydrogens is 399 g/mol. The Bertz CT molecular complexity index is 997. The van der Waals surface area contributed by atoms with Crippen LogP contribution in [-0.4, -0.2) is 57.9 Å². The van der Waals surface area contributed by atoms with Gasteiger partial charge in [-0.3, -0.25) is 9.69 Å². The third-order valence-electron chi connectivity index (χ3n) is 5.68. The highest BCUT2D eigenvalue weighted by molar-refractivity contribution is 6.36. The van der Waals surface area contributed by atoms with Gasteiger partial charge in [0.05, 0.1) is 18.8 Å². The summed E-state index contributed by atoms with van der Waals surface area (Å²) < 4.78 is 30.1. The number of hydrogen-bond donors (Lipinski definition) is 1. The Morgan fingerprint density at radius 1 is 1.03 bits per heavy atom. The Balaban J connectivity index is 1.53. The SMILES string of the molecule is COCCN(CCOC)CCc1ccc2c(c1)CO/C2=C1/C(=O)Nc2ccc(F)cc21. The smallest absolute Gasteiger partial charge is 0.260 e. The molecule has 0 radical (unpaired) electrons. The molecular formula is C24H27FN2O4. The number of halogens is 1. The van der Waals surface area contributed by atoms with Crippen LogP contribution < -0.4 is 5.32 Å². The Labute approximate surface area is 181 Å². The first-order valence-electron chi connectivity index (χ1n) is 10.4. The molecule has 2 aliphatic rings. The zero-order valence-corrected chi connectivity index (χ0v) is 17.9. The van der Waals surface area contributed by atoms with E-state index in [4.69, 9.17) is 14.2 Å². The summed E-state index contributed by atoms with van der Waals surface area (Å²) in [5.74, 6) is -0.127. The van der Waals surface area contributed by atoms with E-state index in [9.17, 15) is 9.18 Å². The van der Waals surface area contributed by atoms with Gasteiger partial charge in [-0.15, -0.1) is 0 Å². The van der Waals surface area contributed by atoms with Crippen LogP contribution in [0.2, 0.25) is 0 Å². The van der Waals surface area contributed by atoms with Crippen LogP contribution in [0.25, 0.3) is 11.3 Å². The topological polar surface area (TPSA) is 60.0 Å². The highest BCUT2D eigenvalue weighted by atomic mass is 19.1. The lowest BCUT2D eigenvalue weighted by Crippen LogP contribution is -2.32. The molecule has 1 N–H and O–H groups in total. The molecule has 2 heterocycles. The maximum Gasteiger partial charge on any atom is 0.260 e. The predicted molar refractivity (Wildman–Crippen MR) is 117 cm³/mol. The largest absolute Gasteiger partial charge is 0.487 e. The number of methoxy groups -OCH3 is 2. The van der Waals surface area contributed by atoms with Crippen LogP contribution in [0.1, 0.15) is 22.3 Å². The first-order valence-corrected chi connectivity index (χ1v) is 10.4. The molecule has 0 atom stereocenters. The lowest BCUT2D eigenvalue weighted by atomic mass is 9.98. The minimum atomic E-state index is -0.381. The number of nitrogens with zero attached hydrogens (tertiary/aromatic N) is 1. The summed E-state index contributed by atoms with van der Waals surface area (Å²) in [4.78, 5) is 14.9. The third-order valence-corrected chi connectivity index (χ3v) is 5.68. The van der Waals surface area contributed by atoms with Gasteiger partial charge in [0, 0.05) is 56.2 Å². The zero-order valence-electron chi connectivity index (χ0n) is 17.9. The first kappa shape index (κ1) is 21.5. The molecule has 164 valence electrons. The fourth-order valence-electron chi connectivity index (χ4n) is 4.01. The van der Waals surface area contributed by atoms with Gasteiger partial charge in [-0.25, -0.2) is 4.39 Å². The number of carbonyl (C=O) groups is 1. The molecule has 0 aliphatic carbocycles. The molecule has 4 rings (SSSR count). The van der Waals surface area contributed by atoms with E-state index in [2.05, 4.69) is 22.3 Å². The van der Waals surface area contributed by atoms with E-state index in [1.165, 1.54) is 17.7 Å². The van der Waals surface area contributed by atoms with Crippen molar-refractivity contribution in [2.24, 2.45) is 0 Å². The Kier molecular flexibility index (Phi) is 6.65. The molecule has 0 aromatic heterocycles. The van der Waals surface area contributed by atoms with Crippen molar-refractivity contribution >= 4 is 22.9 Å². The number of benzene rings is 2. The molecule has 7 heteroatoms. The van der Waals surface area contributed by atoms with Gasteiger partial charge >= 0.3 is 0 Å². The fourth-order valence-corrected chi connectivity index (χ4v) is 4.01. The van der Waals surface area contributed by atoms with E-state index in [0.717, 1.165) is 37.2 Å². The molecule has 2 aromatic carbocycles. The maximum absolute atomic E-state index is 13.8. The summed E-state index contributed by atoms with van der Waals surface area (Å²) >= 11 is 0. The van der Waals surface area contributed by atoms with E-state index in [1.54, 1.807) is 20.3 Å². The average molecular weight is 426 g/mol. The van der Waals surface area contributed by atoms with Crippen molar-refractivity contribution < 1.29 is 23.4 Å². The molecule has 31 heavy (non-hydrogen) atoms. The minimum Gasteiger partial charge on any atom is -0.487 e. The number of anilines is 1. The molecule has 2 aliphatic heterocycles. The molecule has 0 bridgehead atoms. The Morgan fingerprint density at radius 3 is 2.55 bits per heavy atom. The van der Waals surface area contributed by atoms with Crippen LogP contribution in [0.5, 0.6) is 0 Å². The van der Waals surface area contributed by atoms with Gasteiger partial charge in [-0.1, -0.05) is 18.2 Å². The van der Waals surface area contributed by atoms with Crippen molar-refractivity contribution in [1.29, 1.82) is 0 Å². The second-order valence-corrected chi connectivity index (χ2v) is 7.71. The standard InChI is InChI=1S/C24H27FN2O4/c1-29-11-9-27(10-12-30-2)8-7-16-3-5-19-17(13-16)15-31-23(19)22-20-14-18(25)4-6-21(20)26-24(22)28/h3-6,13-14H,7-12,15H2,1-2H3,(H,26,28)/b23-22+. The van der Waals surface area contributed by atoms with E-state index >= 15 is 0 Å². The van der Waals surface area contributed by atoms with E-state index in [-0.39, 0.29) is 11.7 Å². The van der Waals surface area contributed by atoms with Crippen molar-refractivity contribution in [3.63, 3.8) is 0 Å². The minimum absolute atomic E-state index is 0.264. The highest BCUT2D eigenvalue weighted by Crippen LogP contribution is 2.41. The zero-order chi connectivity index (χ0) is 21.8. The van der Waals surface area contributed by atoms with Crippen LogP contribution in [0.4, 0.5) is 10.1 Å². The highest BCUT2D eigenvalue weighted by Gasteiger charge is 2.32. The molecule has 0 saturated heterocycles. The van der Waals surface area contributed by atoms with E-state index < -0.39 is 0 Å². The van der Waals surface area contributed by atoms with E-state index in [0.29, 0.717) is 42.4 Å². The van der Waals surface area contributed by atoms with Gasteiger partial charge in [0.25, 0.3) is 5.91 Å². The Hall–Kier alpha value is -2.74. The molecule has 1 amide bonds. The maximum atomic E-state index is 13.8. The lowest BCUT2D eigenvalue weighted by Gasteiger charge is -2.21. The van der Waals surface area contributed by atoms with Gasteiger partial charge in [0.1, 0.15) is 18.2 Å². The second-order valence-electron chi connectivity index (χ2n) is 7.71. The normalized spacial score (nSPS) is 17.0. The van der Waals surface area contributed by atoms with Gasteiger partial charge in [-0.05, 0) is 30.2 Å². The number of carbonyl (C=O) groups excluding carboxylic acids is 1. The van der Waals surface area contributed by atoms with Crippen LogP contribution in [0, 0.1) is 5.82 Å². The summed E-state index contributed by atoms with van der Waals surface area (Å²) in [6, 6.07) is 10.5. The lowest BCUT2D eigenvalue weighted by molar-refractivity contribution is -0.110. The fraction of sp³-hybridized carbons (Fsp3) is 0.375. The average Bonchev–Trinajstić information content (AvgIpc) is 3.32. The van der Waals surface area contributed by atoms with Crippen molar-refractivity contribution in [1.82, 2.24) is 4.90 Å². The number of nitrogens with one attached hydrogen (secondary N) is 1. The first-order chi connectivity index (χ1) is 15.1. The van der Waals surface area contributed by atoms with Crippen molar-refractivity contribution in [3.05, 3.63) is 64.5 Å². The number of amides is 1. The molecule has 0 saturated carbocycles. The molecule has 0 fully saturated rings. The number of ether oxygens (including phenoxy) is 3. The Morgan fingerprint density at radius 2 is 1.81 bits per heavy atom. The quantitative estimate of drug-likeness (QED) is 0.624. The van der Waals surface area contributed by atoms with Crippen LogP contribution in [0.3, 0.4) is 0 Å². The monoisotopic (exact) mass is 426 g/mol. The summed E-state index contributed by atoms with van der Waals surface area (Å²) in [6.45, 7) is 4.38. The van der Waals surface area contributed by atoms with Crippen LogP contribution in [-0.2, 0) is 32.0 Å². The predicted octanol–water partition coefficient (Wildman–Crippen LogP) is 3.31. The van der Waals surface area contributed by atoms with Gasteiger partial charge < -0.3 is 19.5 Å². The summed E-state index contributed by atoms with van der Waals surface area (Å²) in [7, 11) is 3.41. The van der Waals surface area contributed by atoms with Crippen LogP contribution >= 0.6 is 0 Å². The van der Waals surface area contributed by atoms with Gasteiger partial charge in [-0.2, -0.15) is 0 Å². The molecule has 6 nitrogen and oxygen atoms in total. The molecule has 0 unspecified atom stereocenters. The molecule has 0 spiro atoms. The van der Waals surface area contributed by atoms with Gasteiger partial charge in [0.15, 0.2) is 0 Å². The van der Waals surface area contributed by atoms with Crippen molar-refractivity contribution in [2.75, 3.05) is 52.4 Å². The summed E-state index contributed by atoms with van der Waals surface area (Å²) in [5.41, 5.74) is 4.68. The van der Waals surface area contributed by atoms with Crippen molar-refractivity contribution in [3.8, 4) is 0 Å². The third kappa shape index (κ3) is 4.63. The van der Waals surface area contributed by atoms with Gasteiger partial charge in [0.2, 0.25) is 0 Å². The van der Waals surface area contributed by atoms with Crippen molar-refractivity contribution in [2.45, 2.75) is 13.0 Å². The number of rotatable bonds is 9. The number of fused-ring (bicyclic) bond motifs is 2.